The molecule has 1 heterocycles. The van der Waals surface area contributed by atoms with E-state index in [4.69, 9.17) is 0 Å². The van der Waals surface area contributed by atoms with E-state index in [-0.39, 0.29) is 5.92 Å². The third kappa shape index (κ3) is 3.17. The molecule has 19 heavy (non-hydrogen) atoms. The van der Waals surface area contributed by atoms with Crippen molar-refractivity contribution in [3.05, 3.63) is 35.9 Å². The molecular weight excluding hydrogens is 234 g/mol. The van der Waals surface area contributed by atoms with E-state index >= 15 is 0 Å². The minimum absolute atomic E-state index is 0.0355. The number of carbonyl (C=O) groups is 1. The second-order valence-corrected chi connectivity index (χ2v) is 5.46. The summed E-state index contributed by atoms with van der Waals surface area (Å²) in [6, 6.07) is 10.7. The van der Waals surface area contributed by atoms with E-state index in [2.05, 4.69) is 30.9 Å². The van der Waals surface area contributed by atoms with Crippen LogP contribution in [0.15, 0.2) is 30.3 Å². The molecule has 1 aliphatic rings. The van der Waals surface area contributed by atoms with Crippen LogP contribution in [0.4, 0.5) is 0 Å². The number of benzene rings is 1. The topological polar surface area (TPSA) is 20.3 Å². The molecule has 0 spiro atoms. The Bertz CT molecular complexity index is 401. The van der Waals surface area contributed by atoms with Crippen LogP contribution in [0.25, 0.3) is 0 Å². The highest BCUT2D eigenvalue weighted by molar-refractivity contribution is 5.84. The molecule has 2 nitrogen and oxygen atoms in total. The molecule has 1 saturated heterocycles. The van der Waals surface area contributed by atoms with Gasteiger partial charge in [-0.2, -0.15) is 0 Å². The van der Waals surface area contributed by atoms with Gasteiger partial charge in [0.1, 0.15) is 0 Å². The molecule has 0 radical (unpaired) electrons. The van der Waals surface area contributed by atoms with Crippen LogP contribution in [0.2, 0.25) is 0 Å². The Morgan fingerprint density at radius 3 is 2.63 bits per heavy atom. The summed E-state index contributed by atoms with van der Waals surface area (Å²) in [5.74, 6) is 0.369. The van der Waals surface area contributed by atoms with Gasteiger partial charge in [0.25, 0.3) is 0 Å². The van der Waals surface area contributed by atoms with Crippen LogP contribution < -0.4 is 0 Å². The van der Waals surface area contributed by atoms with Gasteiger partial charge in [-0.15, -0.1) is 0 Å². The Kier molecular flexibility index (Phi) is 5.00. The second kappa shape index (κ2) is 6.74. The second-order valence-electron chi connectivity index (χ2n) is 5.46. The van der Waals surface area contributed by atoms with E-state index in [0.717, 1.165) is 31.4 Å². The van der Waals surface area contributed by atoms with Crippen LogP contribution >= 0.6 is 0 Å². The van der Waals surface area contributed by atoms with E-state index in [1.165, 1.54) is 12.8 Å². The average Bonchev–Trinajstić information content (AvgIpc) is 2.49. The first-order chi connectivity index (χ1) is 9.27. The first-order valence-electron chi connectivity index (χ1n) is 7.63. The van der Waals surface area contributed by atoms with Crippen molar-refractivity contribution in [3.8, 4) is 0 Å². The lowest BCUT2D eigenvalue weighted by Gasteiger charge is -2.37. The molecule has 0 saturated carbocycles. The molecule has 2 rings (SSSR count). The van der Waals surface area contributed by atoms with Crippen LogP contribution in [0.3, 0.4) is 0 Å². The molecular formula is C17H25NO. The fourth-order valence-electron chi connectivity index (χ4n) is 3.15. The number of hydrogen-bond acceptors (Lipinski definition) is 1. The first kappa shape index (κ1) is 14.1. The minimum Gasteiger partial charge on any atom is -0.339 e. The standard InChI is InChI=1S/C17H25NO/c1-3-15-12-8-9-13-18(15)17(19)16(4-2)14-10-6-5-7-11-14/h5-7,10-11,15-16H,3-4,8-9,12-13H2,1-2H3. The molecule has 1 fully saturated rings. The van der Waals surface area contributed by atoms with E-state index in [9.17, 15) is 4.79 Å². The summed E-state index contributed by atoms with van der Waals surface area (Å²) in [5, 5.41) is 0. The first-order valence-corrected chi connectivity index (χ1v) is 7.63. The number of piperidine rings is 1. The van der Waals surface area contributed by atoms with Crippen molar-refractivity contribution in [3.63, 3.8) is 0 Å². The average molecular weight is 259 g/mol. The summed E-state index contributed by atoms with van der Waals surface area (Å²) in [7, 11) is 0. The summed E-state index contributed by atoms with van der Waals surface area (Å²) in [5.41, 5.74) is 1.16. The molecule has 104 valence electrons. The van der Waals surface area contributed by atoms with Gasteiger partial charge in [-0.3, -0.25) is 4.79 Å². The Balaban J connectivity index is 2.16. The molecule has 1 aromatic carbocycles. The Labute approximate surface area is 116 Å². The number of rotatable bonds is 4. The zero-order valence-electron chi connectivity index (χ0n) is 12.1. The van der Waals surface area contributed by atoms with Crippen molar-refractivity contribution < 1.29 is 4.79 Å². The molecule has 2 atom stereocenters. The van der Waals surface area contributed by atoms with E-state index in [1.54, 1.807) is 0 Å². The molecule has 0 aliphatic carbocycles. The van der Waals surface area contributed by atoms with Crippen molar-refractivity contribution in [1.82, 2.24) is 4.90 Å². The SMILES string of the molecule is CCC(C(=O)N1CCCCC1CC)c1ccccc1. The van der Waals surface area contributed by atoms with Gasteiger partial charge < -0.3 is 4.90 Å². The summed E-state index contributed by atoms with van der Waals surface area (Å²) < 4.78 is 0. The van der Waals surface area contributed by atoms with Crippen molar-refractivity contribution >= 4 is 5.91 Å². The van der Waals surface area contributed by atoms with Gasteiger partial charge in [0, 0.05) is 12.6 Å². The van der Waals surface area contributed by atoms with Crippen molar-refractivity contribution in [2.24, 2.45) is 0 Å². The monoisotopic (exact) mass is 259 g/mol. The predicted molar refractivity (Wildman–Crippen MR) is 79.1 cm³/mol. The number of carbonyl (C=O) groups excluding carboxylic acids is 1. The van der Waals surface area contributed by atoms with Crippen molar-refractivity contribution in [2.75, 3.05) is 6.54 Å². The van der Waals surface area contributed by atoms with Crippen molar-refractivity contribution in [1.29, 1.82) is 0 Å². The van der Waals surface area contributed by atoms with Crippen molar-refractivity contribution in [2.45, 2.75) is 57.9 Å². The minimum atomic E-state index is 0.0355. The fraction of sp³-hybridized carbons (Fsp3) is 0.588. The van der Waals surface area contributed by atoms with E-state index in [1.807, 2.05) is 18.2 Å². The number of nitrogens with zero attached hydrogens (tertiary/aromatic N) is 1. The molecule has 1 aromatic rings. The molecule has 0 N–H and O–H groups in total. The van der Waals surface area contributed by atoms with Gasteiger partial charge in [-0.25, -0.2) is 0 Å². The largest absolute Gasteiger partial charge is 0.339 e. The predicted octanol–water partition coefficient (Wildman–Crippen LogP) is 3.97. The molecule has 0 aromatic heterocycles. The highest BCUT2D eigenvalue weighted by Crippen LogP contribution is 2.27. The highest BCUT2D eigenvalue weighted by Gasteiger charge is 2.30. The van der Waals surface area contributed by atoms with Gasteiger partial charge >= 0.3 is 0 Å². The van der Waals surface area contributed by atoms with Gasteiger partial charge in [-0.1, -0.05) is 44.2 Å². The van der Waals surface area contributed by atoms with Crippen LogP contribution in [-0.4, -0.2) is 23.4 Å². The molecule has 0 bridgehead atoms. The van der Waals surface area contributed by atoms with E-state index in [0.29, 0.717) is 11.9 Å². The zero-order chi connectivity index (χ0) is 13.7. The molecule has 2 heteroatoms. The quantitative estimate of drug-likeness (QED) is 0.801. The summed E-state index contributed by atoms with van der Waals surface area (Å²) in [6.45, 7) is 5.25. The normalized spacial score (nSPS) is 21.2. The number of amides is 1. The summed E-state index contributed by atoms with van der Waals surface area (Å²) >= 11 is 0. The Hall–Kier alpha value is -1.31. The zero-order valence-corrected chi connectivity index (χ0v) is 12.1. The third-order valence-electron chi connectivity index (χ3n) is 4.29. The lowest BCUT2D eigenvalue weighted by Crippen LogP contribution is -2.45. The summed E-state index contributed by atoms with van der Waals surface area (Å²) in [6.07, 6.45) is 5.57. The fourth-order valence-corrected chi connectivity index (χ4v) is 3.15. The highest BCUT2D eigenvalue weighted by atomic mass is 16.2. The molecule has 1 amide bonds. The Morgan fingerprint density at radius 2 is 2.00 bits per heavy atom. The number of likely N-dealkylation sites (tertiary alicyclic amines) is 1. The maximum absolute atomic E-state index is 12.8. The van der Waals surface area contributed by atoms with Crippen LogP contribution in [-0.2, 0) is 4.79 Å². The lowest BCUT2D eigenvalue weighted by atomic mass is 9.92. The van der Waals surface area contributed by atoms with E-state index < -0.39 is 0 Å². The number of hydrogen-bond donors (Lipinski definition) is 0. The maximum atomic E-state index is 12.8. The maximum Gasteiger partial charge on any atom is 0.230 e. The Morgan fingerprint density at radius 1 is 1.26 bits per heavy atom. The molecule has 1 aliphatic heterocycles. The lowest BCUT2D eigenvalue weighted by molar-refractivity contribution is -0.136. The third-order valence-corrected chi connectivity index (χ3v) is 4.29. The van der Waals surface area contributed by atoms with Gasteiger partial charge in [0.05, 0.1) is 5.92 Å². The smallest absolute Gasteiger partial charge is 0.230 e. The van der Waals surface area contributed by atoms with Gasteiger partial charge in [0.15, 0.2) is 0 Å². The summed E-state index contributed by atoms with van der Waals surface area (Å²) in [4.78, 5) is 15.0. The molecule has 2 unspecified atom stereocenters. The van der Waals surface area contributed by atoms with Gasteiger partial charge in [-0.05, 0) is 37.7 Å². The van der Waals surface area contributed by atoms with Crippen LogP contribution in [0.5, 0.6) is 0 Å². The van der Waals surface area contributed by atoms with Crippen LogP contribution in [0, 0.1) is 0 Å². The van der Waals surface area contributed by atoms with Gasteiger partial charge in [0.2, 0.25) is 5.91 Å². The van der Waals surface area contributed by atoms with Crippen LogP contribution in [0.1, 0.15) is 57.4 Å².